The summed E-state index contributed by atoms with van der Waals surface area (Å²) in [5, 5.41) is 0. The first-order chi connectivity index (χ1) is 5.75. The molecule has 0 radical (unpaired) electrons. The summed E-state index contributed by atoms with van der Waals surface area (Å²) in [6.45, 7) is 7.87. The Morgan fingerprint density at radius 2 is 2.33 bits per heavy atom. The molecule has 12 heavy (non-hydrogen) atoms. The van der Waals surface area contributed by atoms with Gasteiger partial charge >= 0.3 is 0 Å². The zero-order valence-electron chi connectivity index (χ0n) is 7.54. The van der Waals surface area contributed by atoms with Crippen molar-refractivity contribution in [3.63, 3.8) is 0 Å². The Labute approximate surface area is 73.5 Å². The van der Waals surface area contributed by atoms with Crippen LogP contribution in [0.4, 0.5) is 0 Å². The van der Waals surface area contributed by atoms with Crippen LogP contribution in [0.25, 0.3) is 11.6 Å². The van der Waals surface area contributed by atoms with E-state index in [-0.39, 0.29) is 0 Å². The second kappa shape index (κ2) is 3.86. The molecule has 1 heteroatoms. The predicted octanol–water partition coefficient (Wildman–Crippen LogP) is 3.15. The van der Waals surface area contributed by atoms with E-state index >= 15 is 0 Å². The Morgan fingerprint density at radius 3 is 2.92 bits per heavy atom. The zero-order valence-corrected chi connectivity index (χ0v) is 7.54. The predicted molar refractivity (Wildman–Crippen MR) is 53.7 cm³/mol. The smallest absolute Gasteiger partial charge is 0.0701 e. The quantitative estimate of drug-likeness (QED) is 0.646. The van der Waals surface area contributed by atoms with Gasteiger partial charge in [0, 0.05) is 11.8 Å². The van der Waals surface area contributed by atoms with Gasteiger partial charge in [-0.25, -0.2) is 0 Å². The van der Waals surface area contributed by atoms with Crippen molar-refractivity contribution in [2.45, 2.75) is 13.8 Å². The van der Waals surface area contributed by atoms with Crippen LogP contribution >= 0.6 is 0 Å². The van der Waals surface area contributed by atoms with Crippen LogP contribution in [0.3, 0.4) is 0 Å². The maximum Gasteiger partial charge on any atom is 0.0701 e. The molecule has 1 aromatic rings. The first-order valence-corrected chi connectivity index (χ1v) is 3.99. The van der Waals surface area contributed by atoms with E-state index in [4.69, 9.17) is 0 Å². The van der Waals surface area contributed by atoms with E-state index in [1.54, 1.807) is 6.20 Å². The highest BCUT2D eigenvalue weighted by Gasteiger charge is 1.98. The Hall–Kier alpha value is -1.37. The lowest BCUT2D eigenvalue weighted by Crippen LogP contribution is -1.87. The lowest BCUT2D eigenvalue weighted by molar-refractivity contribution is 1.27. The van der Waals surface area contributed by atoms with Gasteiger partial charge in [0.05, 0.1) is 5.69 Å². The van der Waals surface area contributed by atoms with Crippen LogP contribution in [-0.2, 0) is 0 Å². The van der Waals surface area contributed by atoms with Crippen molar-refractivity contribution in [1.82, 2.24) is 4.98 Å². The Balaban J connectivity index is 3.17. The van der Waals surface area contributed by atoms with Crippen molar-refractivity contribution in [2.75, 3.05) is 0 Å². The molecule has 0 fully saturated rings. The molecule has 1 aromatic heterocycles. The average molecular weight is 159 g/mol. The highest BCUT2D eigenvalue weighted by atomic mass is 14.7. The fourth-order valence-electron chi connectivity index (χ4n) is 1.07. The molecule has 62 valence electrons. The van der Waals surface area contributed by atoms with Gasteiger partial charge in [0.2, 0.25) is 0 Å². The van der Waals surface area contributed by atoms with Crippen LogP contribution in [0.1, 0.15) is 25.1 Å². The van der Waals surface area contributed by atoms with E-state index in [9.17, 15) is 0 Å². The molecule has 0 amide bonds. The van der Waals surface area contributed by atoms with Gasteiger partial charge in [0.1, 0.15) is 0 Å². The van der Waals surface area contributed by atoms with Crippen molar-refractivity contribution in [2.24, 2.45) is 0 Å². The van der Waals surface area contributed by atoms with Crippen molar-refractivity contribution in [1.29, 1.82) is 0 Å². The third-order valence-electron chi connectivity index (χ3n) is 1.62. The SMILES string of the molecule is C=C(C)c1cccnc1/C=C/C. The fraction of sp³-hybridized carbons (Fsp3) is 0.182. The maximum atomic E-state index is 4.24. The van der Waals surface area contributed by atoms with E-state index in [1.807, 2.05) is 38.1 Å². The third kappa shape index (κ3) is 1.82. The summed E-state index contributed by atoms with van der Waals surface area (Å²) < 4.78 is 0. The number of nitrogens with zero attached hydrogens (tertiary/aromatic N) is 1. The van der Waals surface area contributed by atoms with Gasteiger partial charge in [-0.1, -0.05) is 18.7 Å². The Kier molecular flexibility index (Phi) is 2.81. The molecule has 0 N–H and O–H groups in total. The molecule has 0 bridgehead atoms. The largest absolute Gasteiger partial charge is 0.256 e. The second-order valence-electron chi connectivity index (χ2n) is 2.72. The highest BCUT2D eigenvalue weighted by molar-refractivity contribution is 5.69. The van der Waals surface area contributed by atoms with Crippen LogP contribution in [0, 0.1) is 0 Å². The van der Waals surface area contributed by atoms with E-state index in [2.05, 4.69) is 11.6 Å². The summed E-state index contributed by atoms with van der Waals surface area (Å²) in [6.07, 6.45) is 5.76. The summed E-state index contributed by atoms with van der Waals surface area (Å²) in [5.74, 6) is 0. The summed E-state index contributed by atoms with van der Waals surface area (Å²) in [6, 6.07) is 3.96. The van der Waals surface area contributed by atoms with Gasteiger partial charge in [-0.15, -0.1) is 0 Å². The minimum absolute atomic E-state index is 0.993. The number of rotatable bonds is 2. The molecule has 0 saturated carbocycles. The molecule has 0 saturated heterocycles. The monoisotopic (exact) mass is 159 g/mol. The number of allylic oxidation sites excluding steroid dienone is 2. The van der Waals surface area contributed by atoms with Crippen molar-refractivity contribution in [3.8, 4) is 0 Å². The van der Waals surface area contributed by atoms with Crippen LogP contribution < -0.4 is 0 Å². The Bertz CT molecular complexity index is 311. The standard InChI is InChI=1S/C11H13N/c1-4-6-11-10(9(2)3)7-5-8-12-11/h4-8H,2H2,1,3H3/b6-4+. The third-order valence-corrected chi connectivity index (χ3v) is 1.62. The van der Waals surface area contributed by atoms with E-state index in [0.29, 0.717) is 0 Å². The molecule has 0 unspecified atom stereocenters. The molecule has 1 rings (SSSR count). The van der Waals surface area contributed by atoms with E-state index in [1.165, 1.54) is 0 Å². The molecule has 0 aromatic carbocycles. The van der Waals surface area contributed by atoms with Gasteiger partial charge in [-0.05, 0) is 31.6 Å². The van der Waals surface area contributed by atoms with Crippen LogP contribution in [0.5, 0.6) is 0 Å². The summed E-state index contributed by atoms with van der Waals surface area (Å²) in [7, 11) is 0. The van der Waals surface area contributed by atoms with Gasteiger partial charge in [0.25, 0.3) is 0 Å². The minimum atomic E-state index is 0.993. The molecule has 0 spiro atoms. The van der Waals surface area contributed by atoms with E-state index < -0.39 is 0 Å². The van der Waals surface area contributed by atoms with E-state index in [0.717, 1.165) is 16.8 Å². The summed E-state index contributed by atoms with van der Waals surface area (Å²) >= 11 is 0. The maximum absolute atomic E-state index is 4.24. The molecule has 1 heterocycles. The average Bonchev–Trinajstić information content (AvgIpc) is 2.05. The van der Waals surface area contributed by atoms with Gasteiger partial charge in [-0.3, -0.25) is 4.98 Å². The summed E-state index contributed by atoms with van der Waals surface area (Å²) in [4.78, 5) is 4.24. The fourth-order valence-corrected chi connectivity index (χ4v) is 1.07. The van der Waals surface area contributed by atoms with Crippen molar-refractivity contribution in [3.05, 3.63) is 42.2 Å². The second-order valence-corrected chi connectivity index (χ2v) is 2.72. The first-order valence-electron chi connectivity index (χ1n) is 3.99. The molecule has 0 atom stereocenters. The number of pyridine rings is 1. The lowest BCUT2D eigenvalue weighted by Gasteiger charge is -2.02. The topological polar surface area (TPSA) is 12.9 Å². The molecular weight excluding hydrogens is 146 g/mol. The molecule has 0 aliphatic heterocycles. The Morgan fingerprint density at radius 1 is 1.58 bits per heavy atom. The number of hydrogen-bond acceptors (Lipinski definition) is 1. The minimum Gasteiger partial charge on any atom is -0.256 e. The lowest BCUT2D eigenvalue weighted by atomic mass is 10.1. The van der Waals surface area contributed by atoms with Crippen molar-refractivity contribution >= 4 is 11.6 Å². The number of aromatic nitrogens is 1. The molecule has 0 aliphatic rings. The zero-order chi connectivity index (χ0) is 8.97. The molecule has 1 nitrogen and oxygen atoms in total. The van der Waals surface area contributed by atoms with Crippen LogP contribution in [0.2, 0.25) is 0 Å². The van der Waals surface area contributed by atoms with Crippen LogP contribution in [-0.4, -0.2) is 4.98 Å². The van der Waals surface area contributed by atoms with Crippen molar-refractivity contribution < 1.29 is 0 Å². The molecule has 0 aliphatic carbocycles. The van der Waals surface area contributed by atoms with Gasteiger partial charge in [0.15, 0.2) is 0 Å². The van der Waals surface area contributed by atoms with Gasteiger partial charge < -0.3 is 0 Å². The molecular formula is C11H13N. The highest BCUT2D eigenvalue weighted by Crippen LogP contribution is 2.15. The summed E-state index contributed by atoms with van der Waals surface area (Å²) in [5.41, 5.74) is 3.17. The van der Waals surface area contributed by atoms with Gasteiger partial charge in [-0.2, -0.15) is 0 Å². The first kappa shape index (κ1) is 8.72. The normalized spacial score (nSPS) is 10.5. The number of hydrogen-bond donors (Lipinski definition) is 0. The van der Waals surface area contributed by atoms with Crippen LogP contribution in [0.15, 0.2) is 31.0 Å².